The number of nitrogens with zero attached hydrogens (tertiary/aromatic N) is 2. The fourth-order valence-corrected chi connectivity index (χ4v) is 3.99. The van der Waals surface area contributed by atoms with E-state index in [1.165, 1.54) is 42.2 Å². The molecular formula is C20H20FN3O3S2. The molecule has 1 aromatic heterocycles. The Labute approximate surface area is 176 Å². The molecule has 9 heteroatoms. The van der Waals surface area contributed by atoms with Crippen molar-refractivity contribution < 1.29 is 19.0 Å². The molecular weight excluding hydrogens is 413 g/mol. The summed E-state index contributed by atoms with van der Waals surface area (Å²) in [6.07, 6.45) is -0.674. The highest BCUT2D eigenvalue weighted by atomic mass is 32.2. The Morgan fingerprint density at radius 2 is 1.93 bits per heavy atom. The first kappa shape index (κ1) is 21.2. The summed E-state index contributed by atoms with van der Waals surface area (Å²) in [5.41, 5.74) is 1.56. The SMILES string of the molecule is CC(=O)c1ccc(OCC(O)CSc2nnc(NCc3ccc(F)cc3)s2)cc1. The quantitative estimate of drug-likeness (QED) is 0.369. The standard InChI is InChI=1S/C20H20FN3O3S2/c1-13(25)15-4-8-18(9-5-15)27-11-17(26)12-28-20-24-23-19(29-20)22-10-14-2-6-16(21)7-3-14/h2-9,17,26H,10-12H2,1H3,(H,22,23). The van der Waals surface area contributed by atoms with Gasteiger partial charge in [0.1, 0.15) is 18.2 Å². The Hall–Kier alpha value is -2.49. The number of hydrogen-bond acceptors (Lipinski definition) is 8. The first-order chi connectivity index (χ1) is 14.0. The minimum Gasteiger partial charge on any atom is -0.491 e. The maximum atomic E-state index is 12.9. The van der Waals surface area contributed by atoms with E-state index in [1.54, 1.807) is 36.4 Å². The third-order valence-corrected chi connectivity index (χ3v) is 6.03. The third-order valence-electron chi connectivity index (χ3n) is 3.87. The van der Waals surface area contributed by atoms with Crippen LogP contribution in [0.1, 0.15) is 22.8 Å². The number of Topliss-reactive ketones (excluding diaryl/α,β-unsaturated/α-hetero) is 1. The van der Waals surface area contributed by atoms with Crippen LogP contribution in [0.3, 0.4) is 0 Å². The lowest BCUT2D eigenvalue weighted by Crippen LogP contribution is -2.20. The fraction of sp³-hybridized carbons (Fsp3) is 0.250. The Morgan fingerprint density at radius 3 is 2.62 bits per heavy atom. The molecule has 0 bridgehead atoms. The van der Waals surface area contributed by atoms with E-state index in [0.717, 1.165) is 9.90 Å². The highest BCUT2D eigenvalue weighted by Gasteiger charge is 2.10. The van der Waals surface area contributed by atoms with Crippen molar-refractivity contribution in [3.05, 3.63) is 65.5 Å². The maximum absolute atomic E-state index is 12.9. The number of anilines is 1. The number of aliphatic hydroxyl groups is 1. The van der Waals surface area contributed by atoms with Crippen LogP contribution in [-0.2, 0) is 6.54 Å². The van der Waals surface area contributed by atoms with Crippen LogP contribution in [0.15, 0.2) is 52.9 Å². The lowest BCUT2D eigenvalue weighted by molar-refractivity contribution is 0.101. The summed E-state index contributed by atoms with van der Waals surface area (Å²) in [4.78, 5) is 11.3. The summed E-state index contributed by atoms with van der Waals surface area (Å²) in [6, 6.07) is 13.1. The molecule has 0 aliphatic heterocycles. The topological polar surface area (TPSA) is 84.3 Å². The largest absolute Gasteiger partial charge is 0.491 e. The van der Waals surface area contributed by atoms with E-state index >= 15 is 0 Å². The van der Waals surface area contributed by atoms with Gasteiger partial charge in [0, 0.05) is 17.9 Å². The molecule has 1 heterocycles. The maximum Gasteiger partial charge on any atom is 0.206 e. The highest BCUT2D eigenvalue weighted by molar-refractivity contribution is 8.01. The average molecular weight is 434 g/mol. The van der Waals surface area contributed by atoms with Crippen molar-refractivity contribution in [3.8, 4) is 5.75 Å². The van der Waals surface area contributed by atoms with Crippen molar-refractivity contribution in [2.24, 2.45) is 0 Å². The number of thioether (sulfide) groups is 1. The molecule has 3 aromatic rings. The van der Waals surface area contributed by atoms with Gasteiger partial charge in [0.2, 0.25) is 5.13 Å². The minimum atomic E-state index is -0.674. The second kappa shape index (κ2) is 10.3. The molecule has 0 spiro atoms. The number of nitrogens with one attached hydrogen (secondary N) is 1. The number of benzene rings is 2. The third kappa shape index (κ3) is 6.81. The number of aromatic nitrogens is 2. The lowest BCUT2D eigenvalue weighted by atomic mass is 10.1. The number of halogens is 1. The van der Waals surface area contributed by atoms with Crippen LogP contribution in [0.5, 0.6) is 5.75 Å². The van der Waals surface area contributed by atoms with Crippen LogP contribution >= 0.6 is 23.1 Å². The summed E-state index contributed by atoms with van der Waals surface area (Å²) >= 11 is 2.78. The molecule has 6 nitrogen and oxygen atoms in total. The first-order valence-corrected chi connectivity index (χ1v) is 10.7. The molecule has 0 fully saturated rings. The normalized spacial score (nSPS) is 11.8. The second-order valence-electron chi connectivity index (χ2n) is 6.21. The van der Waals surface area contributed by atoms with Crippen LogP contribution in [0.2, 0.25) is 0 Å². The van der Waals surface area contributed by atoms with Crippen molar-refractivity contribution in [1.29, 1.82) is 0 Å². The minimum absolute atomic E-state index is 0.00318. The zero-order valence-corrected chi connectivity index (χ0v) is 17.3. The average Bonchev–Trinajstić information content (AvgIpc) is 3.18. The monoisotopic (exact) mass is 433 g/mol. The number of carbonyl (C=O) groups excluding carboxylic acids is 1. The van der Waals surface area contributed by atoms with Crippen LogP contribution in [0, 0.1) is 5.82 Å². The predicted octanol–water partition coefficient (Wildman–Crippen LogP) is 4.02. The van der Waals surface area contributed by atoms with Crippen LogP contribution < -0.4 is 10.1 Å². The molecule has 1 unspecified atom stereocenters. The number of hydrogen-bond donors (Lipinski definition) is 2. The summed E-state index contributed by atoms with van der Waals surface area (Å²) in [6.45, 7) is 2.17. The van der Waals surface area contributed by atoms with E-state index in [0.29, 0.717) is 28.7 Å². The molecule has 152 valence electrons. The Kier molecular flexibility index (Phi) is 7.56. The summed E-state index contributed by atoms with van der Waals surface area (Å²) in [5.74, 6) is 0.746. The molecule has 2 aromatic carbocycles. The molecule has 0 aliphatic rings. The van der Waals surface area contributed by atoms with E-state index in [9.17, 15) is 14.3 Å². The Bertz CT molecular complexity index is 933. The van der Waals surface area contributed by atoms with Crippen molar-refractivity contribution in [1.82, 2.24) is 10.2 Å². The molecule has 0 aliphatic carbocycles. The molecule has 0 saturated heterocycles. The number of rotatable bonds is 10. The molecule has 1 atom stereocenters. The number of ether oxygens (including phenoxy) is 1. The van der Waals surface area contributed by atoms with E-state index in [1.807, 2.05) is 0 Å². The van der Waals surface area contributed by atoms with Gasteiger partial charge in [-0.15, -0.1) is 10.2 Å². The number of aliphatic hydroxyl groups excluding tert-OH is 1. The van der Waals surface area contributed by atoms with Crippen molar-refractivity contribution in [2.45, 2.75) is 23.9 Å². The zero-order valence-electron chi connectivity index (χ0n) is 15.7. The first-order valence-electron chi connectivity index (χ1n) is 8.86. The highest BCUT2D eigenvalue weighted by Crippen LogP contribution is 2.26. The van der Waals surface area contributed by atoms with Gasteiger partial charge in [0.15, 0.2) is 10.1 Å². The predicted molar refractivity (Wildman–Crippen MR) is 112 cm³/mol. The number of ketones is 1. The van der Waals surface area contributed by atoms with Gasteiger partial charge in [-0.05, 0) is 48.9 Å². The van der Waals surface area contributed by atoms with Gasteiger partial charge in [0.25, 0.3) is 0 Å². The molecule has 0 radical (unpaired) electrons. The lowest BCUT2D eigenvalue weighted by Gasteiger charge is -2.11. The molecule has 29 heavy (non-hydrogen) atoms. The van der Waals surface area contributed by atoms with Gasteiger partial charge < -0.3 is 15.2 Å². The van der Waals surface area contributed by atoms with Crippen molar-refractivity contribution in [3.63, 3.8) is 0 Å². The van der Waals surface area contributed by atoms with Gasteiger partial charge in [0.05, 0.1) is 6.10 Å². The van der Waals surface area contributed by atoms with E-state index in [-0.39, 0.29) is 18.2 Å². The summed E-state index contributed by atoms with van der Waals surface area (Å²) in [5, 5.41) is 22.1. The fourth-order valence-electron chi connectivity index (χ4n) is 2.31. The van der Waals surface area contributed by atoms with Gasteiger partial charge in [-0.2, -0.15) is 0 Å². The van der Waals surface area contributed by atoms with Gasteiger partial charge in [-0.25, -0.2) is 4.39 Å². The van der Waals surface area contributed by atoms with Crippen molar-refractivity contribution >= 4 is 34.0 Å². The Balaban J connectivity index is 1.39. The molecule has 2 N–H and O–H groups in total. The second-order valence-corrected chi connectivity index (χ2v) is 8.45. The van der Waals surface area contributed by atoms with Crippen LogP contribution in [0.25, 0.3) is 0 Å². The van der Waals surface area contributed by atoms with Crippen LogP contribution in [-0.4, -0.2) is 39.6 Å². The number of carbonyl (C=O) groups is 1. The smallest absolute Gasteiger partial charge is 0.206 e. The van der Waals surface area contributed by atoms with E-state index in [2.05, 4.69) is 15.5 Å². The Morgan fingerprint density at radius 1 is 1.21 bits per heavy atom. The van der Waals surface area contributed by atoms with Gasteiger partial charge in [-0.3, -0.25) is 4.79 Å². The summed E-state index contributed by atoms with van der Waals surface area (Å²) < 4.78 is 19.2. The molecule has 0 amide bonds. The van der Waals surface area contributed by atoms with E-state index in [4.69, 9.17) is 4.74 Å². The van der Waals surface area contributed by atoms with Gasteiger partial charge >= 0.3 is 0 Å². The molecule has 3 rings (SSSR count). The van der Waals surface area contributed by atoms with Gasteiger partial charge in [-0.1, -0.05) is 35.2 Å². The zero-order chi connectivity index (χ0) is 20.6. The van der Waals surface area contributed by atoms with Crippen molar-refractivity contribution in [2.75, 3.05) is 17.7 Å². The summed E-state index contributed by atoms with van der Waals surface area (Å²) in [7, 11) is 0. The molecule has 0 saturated carbocycles. The van der Waals surface area contributed by atoms with Crippen LogP contribution in [0.4, 0.5) is 9.52 Å². The van der Waals surface area contributed by atoms with E-state index < -0.39 is 6.10 Å².